The Labute approximate surface area is 134 Å². The molecule has 6 heteroatoms. The van der Waals surface area contributed by atoms with Crippen molar-refractivity contribution in [3.8, 4) is 0 Å². The van der Waals surface area contributed by atoms with Crippen LogP contribution in [0.15, 0.2) is 24.3 Å². The number of carbonyl (C=O) groups excluding carboxylic acids is 1. The van der Waals surface area contributed by atoms with Gasteiger partial charge in [0.1, 0.15) is 0 Å². The summed E-state index contributed by atoms with van der Waals surface area (Å²) in [7, 11) is 0. The van der Waals surface area contributed by atoms with Crippen LogP contribution in [0.2, 0.25) is 0 Å². The van der Waals surface area contributed by atoms with Gasteiger partial charge >= 0.3 is 5.97 Å². The normalized spacial score (nSPS) is 27.6. The second-order valence-electron chi connectivity index (χ2n) is 6.34. The van der Waals surface area contributed by atoms with Crippen LogP contribution in [0, 0.1) is 10.1 Å². The molecule has 0 unspecified atom stereocenters. The average molecular weight is 319 g/mol. The first-order valence-corrected chi connectivity index (χ1v) is 8.24. The molecule has 2 heterocycles. The Morgan fingerprint density at radius 2 is 1.74 bits per heavy atom. The first-order chi connectivity index (χ1) is 11.1. The Hall–Kier alpha value is -1.95. The molecule has 6 nitrogen and oxygen atoms in total. The molecule has 2 saturated heterocycles. The van der Waals surface area contributed by atoms with E-state index in [2.05, 4.69) is 0 Å². The minimum absolute atomic E-state index is 0.0417. The van der Waals surface area contributed by atoms with E-state index in [1.54, 1.807) is 0 Å². The van der Waals surface area contributed by atoms with Crippen molar-refractivity contribution in [3.63, 3.8) is 0 Å². The highest BCUT2D eigenvalue weighted by molar-refractivity contribution is 5.89. The summed E-state index contributed by atoms with van der Waals surface area (Å²) in [6.07, 6.45) is 7.85. The monoisotopic (exact) mass is 319 g/mol. The molecule has 0 aliphatic carbocycles. The van der Waals surface area contributed by atoms with Crippen LogP contribution in [-0.2, 0) is 9.47 Å². The van der Waals surface area contributed by atoms with Crippen LogP contribution in [-0.4, -0.2) is 22.8 Å². The van der Waals surface area contributed by atoms with Gasteiger partial charge in [-0.15, -0.1) is 0 Å². The summed E-state index contributed by atoms with van der Waals surface area (Å²) < 4.78 is 11.9. The van der Waals surface area contributed by atoms with Crippen LogP contribution >= 0.6 is 0 Å². The van der Waals surface area contributed by atoms with Gasteiger partial charge in [0.05, 0.1) is 16.6 Å². The van der Waals surface area contributed by atoms with Crippen LogP contribution in [0.5, 0.6) is 0 Å². The van der Waals surface area contributed by atoms with Crippen LogP contribution in [0.3, 0.4) is 0 Å². The number of non-ortho nitro benzene ring substituents is 1. The number of nitro benzene ring substituents is 1. The van der Waals surface area contributed by atoms with Gasteiger partial charge in [-0.05, 0) is 37.8 Å². The largest absolute Gasteiger partial charge is 0.429 e. The zero-order valence-corrected chi connectivity index (χ0v) is 13.0. The van der Waals surface area contributed by atoms with Crippen LogP contribution in [0.25, 0.3) is 0 Å². The van der Waals surface area contributed by atoms with E-state index < -0.39 is 16.7 Å². The lowest BCUT2D eigenvalue weighted by Crippen LogP contribution is -2.39. The van der Waals surface area contributed by atoms with E-state index in [-0.39, 0.29) is 11.8 Å². The van der Waals surface area contributed by atoms with E-state index in [9.17, 15) is 14.9 Å². The third-order valence-electron chi connectivity index (χ3n) is 4.64. The lowest BCUT2D eigenvalue weighted by atomic mass is 9.99. The molecule has 2 fully saturated rings. The zero-order chi connectivity index (χ0) is 16.3. The van der Waals surface area contributed by atoms with Crippen LogP contribution in [0.4, 0.5) is 5.69 Å². The summed E-state index contributed by atoms with van der Waals surface area (Å²) >= 11 is 0. The Morgan fingerprint density at radius 1 is 1.13 bits per heavy atom. The number of fused-ring (bicyclic) bond motifs is 2. The quantitative estimate of drug-likeness (QED) is 0.478. The lowest BCUT2D eigenvalue weighted by Gasteiger charge is -2.33. The average Bonchev–Trinajstić information content (AvgIpc) is 2.87. The summed E-state index contributed by atoms with van der Waals surface area (Å²) in [4.78, 5) is 22.6. The number of nitro groups is 1. The van der Waals surface area contributed by atoms with E-state index in [1.165, 1.54) is 24.3 Å². The van der Waals surface area contributed by atoms with Crippen molar-refractivity contribution in [2.24, 2.45) is 0 Å². The summed E-state index contributed by atoms with van der Waals surface area (Å²) in [6.45, 7) is 0. The maximum Gasteiger partial charge on any atom is 0.340 e. The van der Waals surface area contributed by atoms with Gasteiger partial charge < -0.3 is 9.47 Å². The van der Waals surface area contributed by atoms with Gasteiger partial charge in [-0.1, -0.05) is 12.8 Å². The molecule has 0 radical (unpaired) electrons. The molecule has 0 saturated carbocycles. The molecule has 0 aromatic heterocycles. The summed E-state index contributed by atoms with van der Waals surface area (Å²) in [6, 6.07) is 5.50. The number of benzene rings is 1. The lowest BCUT2D eigenvalue weighted by molar-refractivity contribution is -0.384. The molecule has 0 amide bonds. The SMILES string of the molecule is O=C(OC12CCCCC(CCCC1)O2)c1ccc([N+](=O)[O-])cc1. The Balaban J connectivity index is 1.75. The molecule has 2 aliphatic heterocycles. The predicted molar refractivity (Wildman–Crippen MR) is 83.1 cm³/mol. The fourth-order valence-corrected chi connectivity index (χ4v) is 3.41. The molecule has 0 N–H and O–H groups in total. The third-order valence-corrected chi connectivity index (χ3v) is 4.64. The van der Waals surface area contributed by atoms with Gasteiger partial charge in [-0.3, -0.25) is 10.1 Å². The summed E-state index contributed by atoms with van der Waals surface area (Å²) in [5.74, 6) is -1.29. The van der Waals surface area contributed by atoms with Crippen molar-refractivity contribution in [1.29, 1.82) is 0 Å². The van der Waals surface area contributed by atoms with Crippen LogP contribution in [0.1, 0.15) is 61.7 Å². The molecule has 124 valence electrons. The van der Waals surface area contributed by atoms with Crippen molar-refractivity contribution in [2.45, 2.75) is 63.3 Å². The first-order valence-electron chi connectivity index (χ1n) is 8.24. The van der Waals surface area contributed by atoms with E-state index >= 15 is 0 Å². The van der Waals surface area contributed by atoms with Gasteiger partial charge in [0.2, 0.25) is 5.79 Å². The minimum Gasteiger partial charge on any atom is -0.429 e. The Morgan fingerprint density at radius 3 is 2.30 bits per heavy atom. The molecular weight excluding hydrogens is 298 g/mol. The Bertz CT molecular complexity index is 571. The molecule has 23 heavy (non-hydrogen) atoms. The fourth-order valence-electron chi connectivity index (χ4n) is 3.41. The number of ether oxygens (including phenoxy) is 2. The van der Waals surface area contributed by atoms with Crippen molar-refractivity contribution in [3.05, 3.63) is 39.9 Å². The van der Waals surface area contributed by atoms with E-state index in [1.807, 2.05) is 0 Å². The number of nitrogens with zero attached hydrogens (tertiary/aromatic N) is 1. The standard InChI is InChI=1S/C17H21NO5/c19-16(13-7-9-14(10-8-13)18(20)21)23-17-11-3-1-5-15(22-17)6-2-4-12-17/h7-10,15H,1-6,11-12H2. The van der Waals surface area contributed by atoms with Crippen molar-refractivity contribution in [2.75, 3.05) is 0 Å². The number of hydrogen-bond donors (Lipinski definition) is 0. The van der Waals surface area contributed by atoms with E-state index in [0.717, 1.165) is 51.4 Å². The fraction of sp³-hybridized carbons (Fsp3) is 0.588. The second kappa shape index (κ2) is 6.66. The van der Waals surface area contributed by atoms with Crippen molar-refractivity contribution >= 4 is 11.7 Å². The molecule has 1 aromatic carbocycles. The molecule has 2 aliphatic rings. The van der Waals surface area contributed by atoms with Gasteiger partial charge in [0.15, 0.2) is 0 Å². The smallest absolute Gasteiger partial charge is 0.340 e. The molecule has 1 aromatic rings. The number of carbonyl (C=O) groups is 1. The highest BCUT2D eigenvalue weighted by atomic mass is 16.7. The first kappa shape index (κ1) is 15.9. The van der Waals surface area contributed by atoms with Gasteiger partial charge in [0.25, 0.3) is 5.69 Å². The predicted octanol–water partition coefficient (Wildman–Crippen LogP) is 3.98. The van der Waals surface area contributed by atoms with Gasteiger partial charge in [-0.2, -0.15) is 0 Å². The minimum atomic E-state index is -0.823. The topological polar surface area (TPSA) is 78.7 Å². The second-order valence-corrected chi connectivity index (χ2v) is 6.34. The molecule has 3 rings (SSSR count). The maximum atomic E-state index is 12.4. The maximum absolute atomic E-state index is 12.4. The number of hydrogen-bond acceptors (Lipinski definition) is 5. The summed E-state index contributed by atoms with van der Waals surface area (Å²) in [5, 5.41) is 10.7. The summed E-state index contributed by atoms with van der Waals surface area (Å²) in [5.41, 5.74) is 0.276. The third kappa shape index (κ3) is 3.69. The van der Waals surface area contributed by atoms with Crippen molar-refractivity contribution < 1.29 is 19.2 Å². The number of esters is 1. The van der Waals surface area contributed by atoms with Gasteiger partial charge in [0, 0.05) is 25.0 Å². The highest BCUT2D eigenvalue weighted by Gasteiger charge is 2.40. The highest BCUT2D eigenvalue weighted by Crippen LogP contribution is 2.38. The Kier molecular flexibility index (Phi) is 4.61. The zero-order valence-electron chi connectivity index (χ0n) is 13.0. The van der Waals surface area contributed by atoms with E-state index in [4.69, 9.17) is 9.47 Å². The number of rotatable bonds is 3. The van der Waals surface area contributed by atoms with Crippen LogP contribution < -0.4 is 0 Å². The molecule has 0 atom stereocenters. The molecule has 2 bridgehead atoms. The molecule has 0 spiro atoms. The van der Waals surface area contributed by atoms with Crippen molar-refractivity contribution in [1.82, 2.24) is 0 Å². The van der Waals surface area contributed by atoms with E-state index in [0.29, 0.717) is 5.56 Å². The van der Waals surface area contributed by atoms with Gasteiger partial charge in [-0.25, -0.2) is 4.79 Å². The molecular formula is C17H21NO5.